The van der Waals surface area contributed by atoms with Crippen LogP contribution in [0.2, 0.25) is 5.28 Å². The van der Waals surface area contributed by atoms with E-state index in [1.165, 1.54) is 16.4 Å². The number of methoxy groups -OCH3 is 1. The topological polar surface area (TPSA) is 231 Å². The van der Waals surface area contributed by atoms with Crippen molar-refractivity contribution in [1.82, 2.24) is 25.2 Å². The van der Waals surface area contributed by atoms with Gasteiger partial charge >= 0.3 is 7.60 Å². The van der Waals surface area contributed by atoms with Gasteiger partial charge in [-0.25, -0.2) is 10.2 Å². The van der Waals surface area contributed by atoms with Gasteiger partial charge in [-0.2, -0.15) is 15.1 Å². The highest BCUT2D eigenvalue weighted by atomic mass is 35.5. The first-order valence-electron chi connectivity index (χ1n) is 11.8. The molecule has 0 radical (unpaired) electrons. The van der Waals surface area contributed by atoms with Crippen molar-refractivity contribution in [3.8, 4) is 0 Å². The lowest BCUT2D eigenvalue weighted by Gasteiger charge is -2.33. The fourth-order valence-corrected chi connectivity index (χ4v) is 5.75. The fourth-order valence-electron chi connectivity index (χ4n) is 4.70. The van der Waals surface area contributed by atoms with Crippen LogP contribution in [0, 0.1) is 0 Å². The van der Waals surface area contributed by atoms with Crippen LogP contribution in [0.1, 0.15) is 38.3 Å². The van der Waals surface area contributed by atoms with Gasteiger partial charge in [-0.15, -0.1) is 0 Å². The predicted octanol–water partition coefficient (Wildman–Crippen LogP) is -0.114. The van der Waals surface area contributed by atoms with Crippen LogP contribution in [0.5, 0.6) is 0 Å². The molecular weight excluding hydrogens is 551 g/mol. The van der Waals surface area contributed by atoms with E-state index in [9.17, 15) is 29.4 Å². The Hall–Kier alpha value is -1.98. The number of halogens is 1. The van der Waals surface area contributed by atoms with Crippen LogP contribution < -0.4 is 10.8 Å². The van der Waals surface area contributed by atoms with E-state index in [1.807, 2.05) is 0 Å². The van der Waals surface area contributed by atoms with Crippen molar-refractivity contribution in [3.05, 3.63) is 11.5 Å². The highest BCUT2D eigenvalue weighted by molar-refractivity contribution is 7.53. The van der Waals surface area contributed by atoms with Gasteiger partial charge in [0.15, 0.2) is 11.9 Å². The SMILES string of the molecule is COC[C@@](CC(=O)NO)(OC[C@H]1O[C@H](n2ncc3c(NC4CCCC4)nc(Cl)nc32)[C@H](O)[C@@H]1O)P(=O)(O)O. The number of hydrogen-bond donors (Lipinski definition) is 7. The number of anilines is 1. The second-order valence-electron chi connectivity index (χ2n) is 9.29. The Labute approximate surface area is 221 Å². The van der Waals surface area contributed by atoms with Crippen molar-refractivity contribution < 1.29 is 48.8 Å². The molecule has 1 saturated heterocycles. The lowest BCUT2D eigenvalue weighted by Crippen LogP contribution is -2.45. The zero-order valence-corrected chi connectivity index (χ0v) is 22.0. The van der Waals surface area contributed by atoms with E-state index in [4.69, 9.17) is 31.0 Å². The summed E-state index contributed by atoms with van der Waals surface area (Å²) in [4.78, 5) is 40.1. The maximum Gasteiger partial charge on any atom is 0.360 e. The Kier molecular flexibility index (Phi) is 8.88. The minimum absolute atomic E-state index is 0.0687. The molecule has 0 aromatic carbocycles. The molecular formula is C20H30ClN6O10P. The first kappa shape index (κ1) is 29.0. The molecule has 2 aromatic heterocycles. The number of aromatic nitrogens is 4. The molecule has 16 nitrogen and oxygen atoms in total. The van der Waals surface area contributed by atoms with E-state index < -0.39 is 63.0 Å². The summed E-state index contributed by atoms with van der Waals surface area (Å²) in [5.74, 6) is -0.669. The summed E-state index contributed by atoms with van der Waals surface area (Å²) in [6, 6.07) is 0.221. The van der Waals surface area contributed by atoms with Gasteiger partial charge in [-0.1, -0.05) is 12.8 Å². The average Bonchev–Trinajstić information content (AvgIpc) is 3.58. The van der Waals surface area contributed by atoms with Crippen molar-refractivity contribution in [2.45, 2.75) is 68.0 Å². The van der Waals surface area contributed by atoms with E-state index >= 15 is 0 Å². The van der Waals surface area contributed by atoms with Crippen LogP contribution in [-0.2, 0) is 23.6 Å². The summed E-state index contributed by atoms with van der Waals surface area (Å²) < 4.78 is 29.6. The van der Waals surface area contributed by atoms with Crippen molar-refractivity contribution >= 4 is 42.0 Å². The van der Waals surface area contributed by atoms with E-state index in [1.54, 1.807) is 0 Å². The first-order chi connectivity index (χ1) is 18.0. The summed E-state index contributed by atoms with van der Waals surface area (Å²) in [6.07, 6.45) is -1.02. The summed E-state index contributed by atoms with van der Waals surface area (Å²) in [6.45, 7) is -1.39. The van der Waals surface area contributed by atoms with Gasteiger partial charge in [0.25, 0.3) is 0 Å². The van der Waals surface area contributed by atoms with Crippen molar-refractivity contribution in [2.75, 3.05) is 25.6 Å². The number of aliphatic hydroxyl groups excluding tert-OH is 2. The number of nitrogens with one attached hydrogen (secondary N) is 2. The Bertz CT molecular complexity index is 1190. The molecule has 0 spiro atoms. The molecule has 212 valence electrons. The normalized spacial score (nSPS) is 26.1. The summed E-state index contributed by atoms with van der Waals surface area (Å²) in [7, 11) is -4.04. The molecule has 7 N–H and O–H groups in total. The Morgan fingerprint density at radius 1 is 1.29 bits per heavy atom. The van der Waals surface area contributed by atoms with Crippen LogP contribution in [0.4, 0.5) is 5.82 Å². The standard InChI is InChI=1S/C20H30ClN6O10P/c1-35-9-20(38(32,33)34,6-13(28)26-31)36-8-12-14(29)15(30)18(37-12)27-17-11(7-22-27)16(24-19(21)25-17)23-10-4-2-3-5-10/h7,10,12,14-15,18,29-31H,2-6,8-9H2,1H3,(H,26,28)(H,23,24,25)(H2,32,33,34)/t12-,14-,15-,18+,20+/m1/s1. The lowest BCUT2D eigenvalue weighted by atomic mass is 10.1. The van der Waals surface area contributed by atoms with Crippen LogP contribution in [-0.4, -0.2) is 101 Å². The summed E-state index contributed by atoms with van der Waals surface area (Å²) >= 11 is 6.15. The quantitative estimate of drug-likeness (QED) is 0.0795. The fraction of sp³-hybridized carbons (Fsp3) is 0.700. The molecule has 2 aliphatic rings. The number of hydrogen-bond acceptors (Lipinski definition) is 12. The van der Waals surface area contributed by atoms with E-state index in [-0.39, 0.29) is 17.0 Å². The second-order valence-corrected chi connectivity index (χ2v) is 11.5. The molecule has 2 fully saturated rings. The number of fused-ring (bicyclic) bond motifs is 1. The summed E-state index contributed by atoms with van der Waals surface area (Å²) in [5.41, 5.74) is 1.52. The third kappa shape index (κ3) is 5.79. The maximum absolute atomic E-state index is 12.3. The minimum atomic E-state index is -5.18. The molecule has 0 bridgehead atoms. The van der Waals surface area contributed by atoms with E-state index in [0.717, 1.165) is 32.8 Å². The van der Waals surface area contributed by atoms with Crippen molar-refractivity contribution in [3.63, 3.8) is 0 Å². The third-order valence-electron chi connectivity index (χ3n) is 6.68. The first-order valence-corrected chi connectivity index (χ1v) is 13.8. The number of nitrogens with zero attached hydrogens (tertiary/aromatic N) is 4. The minimum Gasteiger partial charge on any atom is -0.387 e. The van der Waals surface area contributed by atoms with Crippen molar-refractivity contribution in [1.29, 1.82) is 0 Å². The number of ether oxygens (including phenoxy) is 3. The third-order valence-corrected chi connectivity index (χ3v) is 8.33. The van der Waals surface area contributed by atoms with Crippen LogP contribution in [0.25, 0.3) is 11.0 Å². The summed E-state index contributed by atoms with van der Waals surface area (Å²) in [5, 5.41) is 35.8. The van der Waals surface area contributed by atoms with Crippen LogP contribution in [0.3, 0.4) is 0 Å². The number of rotatable bonds is 11. The number of hydroxylamine groups is 1. The molecule has 4 rings (SSSR count). The number of aliphatic hydroxyl groups is 2. The van der Waals surface area contributed by atoms with Gasteiger partial charge in [0.05, 0.1) is 31.2 Å². The highest BCUT2D eigenvalue weighted by Crippen LogP contribution is 2.54. The predicted molar refractivity (Wildman–Crippen MR) is 129 cm³/mol. The van der Waals surface area contributed by atoms with Crippen molar-refractivity contribution in [2.24, 2.45) is 0 Å². The van der Waals surface area contributed by atoms with Gasteiger partial charge in [0, 0.05) is 13.2 Å². The Morgan fingerprint density at radius 2 is 2.00 bits per heavy atom. The van der Waals surface area contributed by atoms with Gasteiger partial charge in [-0.3, -0.25) is 14.6 Å². The zero-order valence-electron chi connectivity index (χ0n) is 20.3. The number of amides is 1. The molecule has 1 aliphatic carbocycles. The zero-order chi connectivity index (χ0) is 27.7. The molecule has 0 unspecified atom stereocenters. The Morgan fingerprint density at radius 3 is 2.63 bits per heavy atom. The van der Waals surface area contributed by atoms with Gasteiger partial charge in [0.2, 0.25) is 16.5 Å². The second kappa shape index (κ2) is 11.6. The average molecular weight is 581 g/mol. The largest absolute Gasteiger partial charge is 0.387 e. The smallest absolute Gasteiger partial charge is 0.360 e. The molecule has 5 atom stereocenters. The van der Waals surface area contributed by atoms with Gasteiger partial charge in [0.1, 0.15) is 24.1 Å². The number of carbonyl (C=O) groups excluding carboxylic acids is 1. The molecule has 3 heterocycles. The monoisotopic (exact) mass is 580 g/mol. The maximum atomic E-state index is 12.3. The number of carbonyl (C=O) groups is 1. The Balaban J connectivity index is 1.56. The van der Waals surface area contributed by atoms with Crippen LogP contribution >= 0.6 is 19.2 Å². The molecule has 38 heavy (non-hydrogen) atoms. The molecule has 2 aromatic rings. The molecule has 18 heteroatoms. The van der Waals surface area contributed by atoms with E-state index in [2.05, 4.69) is 20.4 Å². The molecule has 1 saturated carbocycles. The van der Waals surface area contributed by atoms with Crippen LogP contribution in [0.15, 0.2) is 6.20 Å². The van der Waals surface area contributed by atoms with Gasteiger partial charge < -0.3 is 39.5 Å². The van der Waals surface area contributed by atoms with Gasteiger partial charge in [-0.05, 0) is 24.4 Å². The van der Waals surface area contributed by atoms with E-state index in [0.29, 0.717) is 11.2 Å². The lowest BCUT2D eigenvalue weighted by molar-refractivity contribution is -0.143. The molecule has 1 amide bonds. The highest BCUT2D eigenvalue weighted by Gasteiger charge is 2.52. The molecule has 1 aliphatic heterocycles.